The van der Waals surface area contributed by atoms with E-state index in [0.717, 1.165) is 58.3 Å². The van der Waals surface area contributed by atoms with Crippen molar-refractivity contribution in [2.24, 2.45) is 5.92 Å². The summed E-state index contributed by atoms with van der Waals surface area (Å²) in [6.45, 7) is 15.1. The van der Waals surface area contributed by atoms with Crippen molar-refractivity contribution >= 4 is 0 Å². The fraction of sp³-hybridized carbons (Fsp3) is 1.00. The molecule has 1 fully saturated rings. The Hall–Kier alpha value is -0.160. The Morgan fingerprint density at radius 3 is 2.89 bits per heavy atom. The van der Waals surface area contributed by atoms with E-state index in [-0.39, 0.29) is 0 Å². The first-order valence-electron chi connectivity index (χ1n) is 7.51. The van der Waals surface area contributed by atoms with E-state index in [2.05, 4.69) is 36.3 Å². The molecule has 1 aliphatic heterocycles. The molecule has 0 spiro atoms. The van der Waals surface area contributed by atoms with Gasteiger partial charge in [0.05, 0.1) is 12.7 Å². The number of likely N-dealkylation sites (N-methyl/N-ethyl adjacent to an activating group) is 1. The van der Waals surface area contributed by atoms with Crippen LogP contribution in [0.5, 0.6) is 0 Å². The van der Waals surface area contributed by atoms with Crippen molar-refractivity contribution < 1.29 is 4.74 Å². The maximum atomic E-state index is 5.81. The molecular formula is C14H31N3O. The number of rotatable bonds is 9. The van der Waals surface area contributed by atoms with Crippen molar-refractivity contribution in [2.45, 2.75) is 33.3 Å². The minimum absolute atomic E-state index is 0.365. The van der Waals surface area contributed by atoms with E-state index in [0.29, 0.717) is 6.10 Å². The first-order valence-corrected chi connectivity index (χ1v) is 7.51. The van der Waals surface area contributed by atoms with Crippen molar-refractivity contribution in [3.63, 3.8) is 0 Å². The number of nitrogens with one attached hydrogen (secondary N) is 2. The summed E-state index contributed by atoms with van der Waals surface area (Å²) >= 11 is 0. The second-order valence-electron chi connectivity index (χ2n) is 5.32. The summed E-state index contributed by atoms with van der Waals surface area (Å²) in [6.07, 6.45) is 1.61. The molecule has 0 amide bonds. The van der Waals surface area contributed by atoms with E-state index in [1.54, 1.807) is 0 Å². The van der Waals surface area contributed by atoms with E-state index in [1.807, 2.05) is 0 Å². The monoisotopic (exact) mass is 257 g/mol. The van der Waals surface area contributed by atoms with Crippen LogP contribution in [0.1, 0.15) is 27.2 Å². The van der Waals surface area contributed by atoms with Crippen LogP contribution in [0.15, 0.2) is 0 Å². The Bertz CT molecular complexity index is 201. The fourth-order valence-corrected chi connectivity index (χ4v) is 2.16. The van der Waals surface area contributed by atoms with Crippen LogP contribution in [-0.2, 0) is 4.74 Å². The van der Waals surface area contributed by atoms with Crippen LogP contribution in [-0.4, -0.2) is 63.4 Å². The first-order chi connectivity index (χ1) is 8.76. The van der Waals surface area contributed by atoms with Gasteiger partial charge in [-0.2, -0.15) is 0 Å². The summed E-state index contributed by atoms with van der Waals surface area (Å²) in [5.41, 5.74) is 0. The van der Waals surface area contributed by atoms with Gasteiger partial charge in [0.15, 0.2) is 0 Å². The zero-order chi connectivity index (χ0) is 13.2. The van der Waals surface area contributed by atoms with Gasteiger partial charge in [-0.15, -0.1) is 0 Å². The molecule has 1 heterocycles. The van der Waals surface area contributed by atoms with Crippen LogP contribution in [0.25, 0.3) is 0 Å². The van der Waals surface area contributed by atoms with Gasteiger partial charge in [0, 0.05) is 32.7 Å². The molecule has 1 rings (SSSR count). The van der Waals surface area contributed by atoms with Crippen molar-refractivity contribution in [3.8, 4) is 0 Å². The number of morpholine rings is 1. The lowest BCUT2D eigenvalue weighted by Crippen LogP contribution is -2.48. The van der Waals surface area contributed by atoms with Crippen LogP contribution in [0.2, 0.25) is 0 Å². The molecule has 0 radical (unpaired) electrons. The Morgan fingerprint density at radius 1 is 1.33 bits per heavy atom. The van der Waals surface area contributed by atoms with Crippen LogP contribution in [0.4, 0.5) is 0 Å². The smallest absolute Gasteiger partial charge is 0.0826 e. The lowest BCUT2D eigenvalue weighted by Gasteiger charge is -2.33. The minimum Gasteiger partial charge on any atom is -0.374 e. The maximum absolute atomic E-state index is 5.81. The molecule has 1 aliphatic rings. The summed E-state index contributed by atoms with van der Waals surface area (Å²) in [4.78, 5) is 2.50. The van der Waals surface area contributed by atoms with E-state index in [9.17, 15) is 0 Å². The zero-order valence-corrected chi connectivity index (χ0v) is 12.4. The summed E-state index contributed by atoms with van der Waals surface area (Å²) in [5, 5.41) is 6.90. The predicted octanol–water partition coefficient (Wildman–Crippen LogP) is 0.932. The molecular weight excluding hydrogens is 226 g/mol. The Kier molecular flexibility index (Phi) is 8.59. The van der Waals surface area contributed by atoms with E-state index in [1.165, 1.54) is 6.42 Å². The van der Waals surface area contributed by atoms with Crippen LogP contribution < -0.4 is 10.6 Å². The molecule has 4 heteroatoms. The highest BCUT2D eigenvalue weighted by atomic mass is 16.5. The molecule has 1 saturated heterocycles. The van der Waals surface area contributed by atoms with Crippen molar-refractivity contribution in [2.75, 3.05) is 52.4 Å². The summed E-state index contributed by atoms with van der Waals surface area (Å²) in [6, 6.07) is 0. The van der Waals surface area contributed by atoms with Gasteiger partial charge in [-0.3, -0.25) is 4.90 Å². The normalized spacial score (nSPS) is 23.2. The lowest BCUT2D eigenvalue weighted by molar-refractivity contribution is -0.0267. The molecule has 18 heavy (non-hydrogen) atoms. The minimum atomic E-state index is 0.365. The summed E-state index contributed by atoms with van der Waals surface area (Å²) in [7, 11) is 0. The first kappa shape index (κ1) is 15.9. The number of ether oxygens (including phenoxy) is 1. The quantitative estimate of drug-likeness (QED) is 0.603. The second kappa shape index (κ2) is 9.73. The topological polar surface area (TPSA) is 36.5 Å². The van der Waals surface area contributed by atoms with Gasteiger partial charge in [0.2, 0.25) is 0 Å². The third-order valence-electron chi connectivity index (χ3n) is 3.64. The van der Waals surface area contributed by atoms with Gasteiger partial charge in [-0.1, -0.05) is 27.2 Å². The van der Waals surface area contributed by atoms with Crippen LogP contribution in [0, 0.1) is 5.92 Å². The van der Waals surface area contributed by atoms with Crippen molar-refractivity contribution in [3.05, 3.63) is 0 Å². The molecule has 0 aromatic rings. The molecule has 0 aromatic carbocycles. The van der Waals surface area contributed by atoms with Gasteiger partial charge in [-0.05, 0) is 19.0 Å². The zero-order valence-electron chi connectivity index (χ0n) is 12.4. The SMILES string of the molecule is CCNCCN1CCO[C@@H](CNCC(C)CC)C1. The Balaban J connectivity index is 2.10. The fourth-order valence-electron chi connectivity index (χ4n) is 2.16. The highest BCUT2D eigenvalue weighted by Gasteiger charge is 2.19. The molecule has 0 saturated carbocycles. The lowest BCUT2D eigenvalue weighted by atomic mass is 10.1. The number of nitrogens with zero attached hydrogens (tertiary/aromatic N) is 1. The van der Waals surface area contributed by atoms with Gasteiger partial charge < -0.3 is 15.4 Å². The largest absolute Gasteiger partial charge is 0.374 e. The average Bonchev–Trinajstić information content (AvgIpc) is 2.39. The highest BCUT2D eigenvalue weighted by molar-refractivity contribution is 4.74. The standard InChI is InChI=1S/C14H31N3O/c1-4-13(3)10-16-11-14-12-17(8-9-18-14)7-6-15-5-2/h13-16H,4-12H2,1-3H3/t13?,14-/m0/s1. The molecule has 0 bridgehead atoms. The molecule has 2 atom stereocenters. The van der Waals surface area contributed by atoms with Gasteiger partial charge >= 0.3 is 0 Å². The van der Waals surface area contributed by atoms with Gasteiger partial charge in [-0.25, -0.2) is 0 Å². The third kappa shape index (κ3) is 6.69. The molecule has 108 valence electrons. The van der Waals surface area contributed by atoms with Crippen LogP contribution in [0.3, 0.4) is 0 Å². The van der Waals surface area contributed by atoms with E-state index in [4.69, 9.17) is 4.74 Å². The van der Waals surface area contributed by atoms with Gasteiger partial charge in [0.1, 0.15) is 0 Å². The van der Waals surface area contributed by atoms with E-state index >= 15 is 0 Å². The van der Waals surface area contributed by atoms with Crippen LogP contribution >= 0.6 is 0 Å². The van der Waals surface area contributed by atoms with E-state index < -0.39 is 0 Å². The second-order valence-corrected chi connectivity index (χ2v) is 5.32. The molecule has 1 unspecified atom stereocenters. The molecule has 0 aliphatic carbocycles. The summed E-state index contributed by atoms with van der Waals surface area (Å²) < 4.78 is 5.81. The Morgan fingerprint density at radius 2 is 2.17 bits per heavy atom. The third-order valence-corrected chi connectivity index (χ3v) is 3.64. The van der Waals surface area contributed by atoms with Gasteiger partial charge in [0.25, 0.3) is 0 Å². The summed E-state index contributed by atoms with van der Waals surface area (Å²) in [5.74, 6) is 0.762. The molecule has 0 aromatic heterocycles. The highest BCUT2D eigenvalue weighted by Crippen LogP contribution is 2.04. The molecule has 4 nitrogen and oxygen atoms in total. The number of hydrogen-bond acceptors (Lipinski definition) is 4. The predicted molar refractivity (Wildman–Crippen MR) is 77.0 cm³/mol. The number of hydrogen-bond donors (Lipinski definition) is 2. The van der Waals surface area contributed by atoms with Crippen molar-refractivity contribution in [1.82, 2.24) is 15.5 Å². The molecule has 2 N–H and O–H groups in total. The Labute approximate surface area is 112 Å². The maximum Gasteiger partial charge on any atom is 0.0826 e. The van der Waals surface area contributed by atoms with Crippen molar-refractivity contribution in [1.29, 1.82) is 0 Å². The average molecular weight is 257 g/mol.